The van der Waals surface area contributed by atoms with Crippen LogP contribution in [0.2, 0.25) is 0 Å². The zero-order chi connectivity index (χ0) is 12.1. The average molecular weight is 244 g/mol. The van der Waals surface area contributed by atoms with Crippen molar-refractivity contribution in [3.05, 3.63) is 35.1 Å². The Morgan fingerprint density at radius 1 is 1.38 bits per heavy atom. The van der Waals surface area contributed by atoms with Gasteiger partial charge in [0.25, 0.3) is 0 Å². The SMILES string of the molecule is Cc1ccc(F)cc1CNCC(Cl)C(C)C. The standard InChI is InChI=1S/C13H19ClFN/c1-9(2)13(14)8-16-7-11-6-12(15)5-4-10(11)3/h4-6,9,13,16H,7-8H2,1-3H3. The summed E-state index contributed by atoms with van der Waals surface area (Å²) in [5, 5.41) is 3.37. The van der Waals surface area contributed by atoms with E-state index in [1.54, 1.807) is 12.1 Å². The lowest BCUT2D eigenvalue weighted by Gasteiger charge is -2.14. The van der Waals surface area contributed by atoms with Crippen LogP contribution >= 0.6 is 11.6 Å². The van der Waals surface area contributed by atoms with Gasteiger partial charge in [0.2, 0.25) is 0 Å². The normalized spacial score (nSPS) is 13.1. The fraction of sp³-hybridized carbons (Fsp3) is 0.538. The molecule has 0 aromatic heterocycles. The Morgan fingerprint density at radius 2 is 2.06 bits per heavy atom. The molecule has 1 aromatic carbocycles. The summed E-state index contributed by atoms with van der Waals surface area (Å²) in [6.45, 7) is 7.57. The predicted octanol–water partition coefficient (Wildman–Crippen LogP) is 3.49. The first kappa shape index (κ1) is 13.5. The Morgan fingerprint density at radius 3 is 2.69 bits per heavy atom. The van der Waals surface area contributed by atoms with Crippen LogP contribution in [0.4, 0.5) is 4.39 Å². The fourth-order valence-electron chi connectivity index (χ4n) is 1.41. The van der Waals surface area contributed by atoms with Crippen molar-refractivity contribution >= 4 is 11.6 Å². The predicted molar refractivity (Wildman–Crippen MR) is 67.3 cm³/mol. The molecule has 0 radical (unpaired) electrons. The van der Waals surface area contributed by atoms with Crippen LogP contribution < -0.4 is 5.32 Å². The second-order valence-electron chi connectivity index (χ2n) is 4.46. The number of rotatable bonds is 5. The first-order valence-electron chi connectivity index (χ1n) is 5.60. The number of halogens is 2. The summed E-state index contributed by atoms with van der Waals surface area (Å²) in [7, 11) is 0. The molecule has 0 saturated carbocycles. The molecule has 0 saturated heterocycles. The van der Waals surface area contributed by atoms with Gasteiger partial charge in [0.1, 0.15) is 5.82 Å². The van der Waals surface area contributed by atoms with Crippen LogP contribution in [-0.4, -0.2) is 11.9 Å². The van der Waals surface area contributed by atoms with E-state index >= 15 is 0 Å². The van der Waals surface area contributed by atoms with E-state index in [4.69, 9.17) is 11.6 Å². The maximum Gasteiger partial charge on any atom is 0.123 e. The lowest BCUT2D eigenvalue weighted by Crippen LogP contribution is -2.26. The van der Waals surface area contributed by atoms with E-state index in [1.165, 1.54) is 6.07 Å². The molecular weight excluding hydrogens is 225 g/mol. The van der Waals surface area contributed by atoms with Crippen LogP contribution in [0.3, 0.4) is 0 Å². The summed E-state index contributed by atoms with van der Waals surface area (Å²) in [4.78, 5) is 0. The van der Waals surface area contributed by atoms with Crippen LogP contribution in [0.25, 0.3) is 0 Å². The van der Waals surface area contributed by atoms with Gasteiger partial charge in [-0.05, 0) is 36.1 Å². The summed E-state index contributed by atoms with van der Waals surface area (Å²) in [6, 6.07) is 4.85. The molecule has 0 aliphatic carbocycles. The molecule has 0 bridgehead atoms. The van der Waals surface area contributed by atoms with Gasteiger partial charge in [0.05, 0.1) is 0 Å². The van der Waals surface area contributed by atoms with Crippen LogP contribution in [0.1, 0.15) is 25.0 Å². The molecule has 0 amide bonds. The third-order valence-corrected chi connectivity index (χ3v) is 3.35. The van der Waals surface area contributed by atoms with Gasteiger partial charge in [-0.15, -0.1) is 11.6 Å². The average Bonchev–Trinajstić information content (AvgIpc) is 2.22. The van der Waals surface area contributed by atoms with Crippen molar-refractivity contribution in [2.24, 2.45) is 5.92 Å². The summed E-state index contributed by atoms with van der Waals surface area (Å²) < 4.78 is 13.0. The molecule has 0 aliphatic heterocycles. The number of alkyl halides is 1. The molecular formula is C13H19ClFN. The highest BCUT2D eigenvalue weighted by Gasteiger charge is 2.08. The minimum absolute atomic E-state index is 0.119. The smallest absolute Gasteiger partial charge is 0.123 e. The van der Waals surface area contributed by atoms with Gasteiger partial charge >= 0.3 is 0 Å². The molecule has 0 fully saturated rings. The highest BCUT2D eigenvalue weighted by atomic mass is 35.5. The Hall–Kier alpha value is -0.600. The second-order valence-corrected chi connectivity index (χ2v) is 5.02. The lowest BCUT2D eigenvalue weighted by molar-refractivity contribution is 0.544. The second kappa shape index (κ2) is 6.21. The quantitative estimate of drug-likeness (QED) is 0.781. The Bertz CT molecular complexity index is 339. The van der Waals surface area contributed by atoms with Crippen molar-refractivity contribution in [2.45, 2.75) is 32.7 Å². The molecule has 1 nitrogen and oxygen atoms in total. The molecule has 1 unspecified atom stereocenters. The Labute approximate surface area is 102 Å². The van der Waals surface area contributed by atoms with E-state index in [2.05, 4.69) is 19.2 Å². The van der Waals surface area contributed by atoms with E-state index in [0.717, 1.165) is 17.7 Å². The van der Waals surface area contributed by atoms with Crippen molar-refractivity contribution < 1.29 is 4.39 Å². The molecule has 1 rings (SSSR count). The molecule has 3 heteroatoms. The summed E-state index contributed by atoms with van der Waals surface area (Å²) in [6.07, 6.45) is 0. The number of hydrogen-bond acceptors (Lipinski definition) is 1. The third kappa shape index (κ3) is 4.11. The van der Waals surface area contributed by atoms with E-state index in [0.29, 0.717) is 12.5 Å². The first-order valence-corrected chi connectivity index (χ1v) is 6.04. The molecule has 1 N–H and O–H groups in total. The monoisotopic (exact) mass is 243 g/mol. The first-order chi connectivity index (χ1) is 7.50. The highest BCUT2D eigenvalue weighted by molar-refractivity contribution is 6.20. The minimum Gasteiger partial charge on any atom is -0.311 e. The minimum atomic E-state index is -0.186. The fourth-order valence-corrected chi connectivity index (χ4v) is 1.52. The van der Waals surface area contributed by atoms with Crippen molar-refractivity contribution in [1.29, 1.82) is 0 Å². The zero-order valence-electron chi connectivity index (χ0n) is 10.1. The Kier molecular flexibility index (Phi) is 5.23. The van der Waals surface area contributed by atoms with Crippen molar-refractivity contribution in [3.8, 4) is 0 Å². The maximum absolute atomic E-state index is 13.0. The van der Waals surface area contributed by atoms with Gasteiger partial charge < -0.3 is 5.32 Å². The van der Waals surface area contributed by atoms with Gasteiger partial charge in [-0.1, -0.05) is 19.9 Å². The third-order valence-electron chi connectivity index (χ3n) is 2.69. The topological polar surface area (TPSA) is 12.0 Å². The van der Waals surface area contributed by atoms with Gasteiger partial charge in [0, 0.05) is 18.5 Å². The largest absolute Gasteiger partial charge is 0.311 e. The molecule has 0 aliphatic rings. The van der Waals surface area contributed by atoms with Crippen LogP contribution in [0, 0.1) is 18.7 Å². The van der Waals surface area contributed by atoms with E-state index in [-0.39, 0.29) is 11.2 Å². The molecule has 0 spiro atoms. The van der Waals surface area contributed by atoms with Crippen molar-refractivity contribution in [2.75, 3.05) is 6.54 Å². The summed E-state index contributed by atoms with van der Waals surface area (Å²) >= 11 is 6.12. The maximum atomic E-state index is 13.0. The van der Waals surface area contributed by atoms with E-state index < -0.39 is 0 Å². The zero-order valence-corrected chi connectivity index (χ0v) is 10.8. The number of nitrogens with one attached hydrogen (secondary N) is 1. The number of aryl methyl sites for hydroxylation is 1. The summed E-state index contributed by atoms with van der Waals surface area (Å²) in [5.74, 6) is 0.261. The number of hydrogen-bond donors (Lipinski definition) is 1. The molecule has 1 atom stereocenters. The Balaban J connectivity index is 2.45. The van der Waals surface area contributed by atoms with Crippen LogP contribution in [0.15, 0.2) is 18.2 Å². The van der Waals surface area contributed by atoms with E-state index in [9.17, 15) is 4.39 Å². The van der Waals surface area contributed by atoms with Crippen LogP contribution in [0.5, 0.6) is 0 Å². The van der Waals surface area contributed by atoms with Crippen LogP contribution in [-0.2, 0) is 6.54 Å². The molecule has 0 heterocycles. The van der Waals surface area contributed by atoms with Gasteiger partial charge in [-0.25, -0.2) is 4.39 Å². The molecule has 16 heavy (non-hydrogen) atoms. The number of benzene rings is 1. The summed E-state index contributed by atoms with van der Waals surface area (Å²) in [5.41, 5.74) is 2.09. The van der Waals surface area contributed by atoms with Crippen molar-refractivity contribution in [1.82, 2.24) is 5.32 Å². The highest BCUT2D eigenvalue weighted by Crippen LogP contribution is 2.11. The molecule has 1 aromatic rings. The lowest BCUT2D eigenvalue weighted by atomic mass is 10.1. The van der Waals surface area contributed by atoms with Gasteiger partial charge in [-0.2, -0.15) is 0 Å². The van der Waals surface area contributed by atoms with Crippen molar-refractivity contribution in [3.63, 3.8) is 0 Å². The van der Waals surface area contributed by atoms with Gasteiger partial charge in [0.15, 0.2) is 0 Å². The van der Waals surface area contributed by atoms with Gasteiger partial charge in [-0.3, -0.25) is 0 Å². The molecule has 90 valence electrons. The van der Waals surface area contributed by atoms with E-state index in [1.807, 2.05) is 6.92 Å².